The van der Waals surface area contributed by atoms with Crippen LogP contribution in [0.1, 0.15) is 10.4 Å². The first-order valence-electron chi connectivity index (χ1n) is 7.62. The fraction of sp³-hybridized carbons (Fsp3) is 0.176. The second-order valence-electron chi connectivity index (χ2n) is 5.69. The van der Waals surface area contributed by atoms with Crippen molar-refractivity contribution in [3.05, 3.63) is 58.5 Å². The molecule has 3 rings (SSSR count). The molecule has 0 fully saturated rings. The maximum absolute atomic E-state index is 12.8. The Balaban J connectivity index is 2.07. The fourth-order valence-electron chi connectivity index (χ4n) is 2.72. The van der Waals surface area contributed by atoms with Gasteiger partial charge >= 0.3 is 11.7 Å². The van der Waals surface area contributed by atoms with Gasteiger partial charge in [0.15, 0.2) is 0 Å². The number of hydrogen-bond acceptors (Lipinski definition) is 5. The third-order valence-electron chi connectivity index (χ3n) is 4.13. The largest absolute Gasteiger partial charge is 0.465 e. The fourth-order valence-corrected chi connectivity index (χ4v) is 3.82. The lowest BCUT2D eigenvalue weighted by Crippen LogP contribution is -2.19. The minimum atomic E-state index is -3.97. The van der Waals surface area contributed by atoms with Gasteiger partial charge in [-0.15, -0.1) is 0 Å². The second kappa shape index (κ2) is 6.34. The lowest BCUT2D eigenvalue weighted by Gasteiger charge is -2.11. The summed E-state index contributed by atoms with van der Waals surface area (Å²) in [5.41, 5.74) is 1.07. The number of nitrogens with zero attached hydrogens (tertiary/aromatic N) is 2. The number of para-hydroxylation sites is 1. The van der Waals surface area contributed by atoms with Crippen molar-refractivity contribution in [2.75, 3.05) is 11.8 Å². The molecule has 0 radical (unpaired) electrons. The van der Waals surface area contributed by atoms with E-state index in [-0.39, 0.29) is 21.8 Å². The van der Waals surface area contributed by atoms with Crippen LogP contribution in [0.15, 0.2) is 52.2 Å². The molecule has 0 spiro atoms. The van der Waals surface area contributed by atoms with Crippen molar-refractivity contribution in [2.24, 2.45) is 14.1 Å². The number of aryl methyl sites for hydroxylation is 2. The molecule has 0 unspecified atom stereocenters. The quantitative estimate of drug-likeness (QED) is 0.696. The van der Waals surface area contributed by atoms with E-state index in [0.29, 0.717) is 11.0 Å². The summed E-state index contributed by atoms with van der Waals surface area (Å²) in [6, 6.07) is 10.5. The van der Waals surface area contributed by atoms with E-state index in [1.807, 2.05) is 0 Å². The van der Waals surface area contributed by atoms with Crippen LogP contribution in [0.3, 0.4) is 0 Å². The monoisotopic (exact) mass is 375 g/mol. The lowest BCUT2D eigenvalue weighted by molar-refractivity contribution is 0.0602. The smallest absolute Gasteiger partial charge is 0.339 e. The molecule has 0 saturated carbocycles. The minimum absolute atomic E-state index is 0.0223. The number of sulfonamides is 1. The van der Waals surface area contributed by atoms with E-state index in [4.69, 9.17) is 0 Å². The van der Waals surface area contributed by atoms with Crippen molar-refractivity contribution in [1.82, 2.24) is 9.13 Å². The molecule has 9 heteroatoms. The summed E-state index contributed by atoms with van der Waals surface area (Å²) in [4.78, 5) is 23.8. The SMILES string of the molecule is COC(=O)c1ccccc1NS(=O)(=O)c1ccc2c(c1)n(C)c(=O)n2C. The van der Waals surface area contributed by atoms with Crippen LogP contribution in [0.2, 0.25) is 0 Å². The predicted molar refractivity (Wildman–Crippen MR) is 96.8 cm³/mol. The Bertz CT molecular complexity index is 1170. The van der Waals surface area contributed by atoms with Gasteiger partial charge in [0.2, 0.25) is 0 Å². The van der Waals surface area contributed by atoms with Crippen LogP contribution in [-0.2, 0) is 28.9 Å². The number of nitrogens with one attached hydrogen (secondary N) is 1. The number of imidazole rings is 1. The number of fused-ring (bicyclic) bond motifs is 1. The Kier molecular flexibility index (Phi) is 4.33. The number of anilines is 1. The molecule has 136 valence electrons. The van der Waals surface area contributed by atoms with E-state index in [1.54, 1.807) is 32.3 Å². The molecule has 2 aromatic carbocycles. The summed E-state index contributed by atoms with van der Waals surface area (Å²) in [6.07, 6.45) is 0. The van der Waals surface area contributed by atoms with Crippen molar-refractivity contribution in [3.63, 3.8) is 0 Å². The average Bonchev–Trinajstić information content (AvgIpc) is 2.85. The molecule has 1 aromatic heterocycles. The highest BCUT2D eigenvalue weighted by molar-refractivity contribution is 7.92. The zero-order chi connectivity index (χ0) is 19.1. The normalized spacial score (nSPS) is 11.5. The number of aromatic nitrogens is 2. The lowest BCUT2D eigenvalue weighted by atomic mass is 10.2. The summed E-state index contributed by atoms with van der Waals surface area (Å²) in [7, 11) is 0.433. The van der Waals surface area contributed by atoms with Crippen LogP contribution >= 0.6 is 0 Å². The van der Waals surface area contributed by atoms with Gasteiger partial charge in [0.1, 0.15) is 0 Å². The van der Waals surface area contributed by atoms with Gasteiger partial charge < -0.3 is 4.74 Å². The number of hydrogen-bond donors (Lipinski definition) is 1. The Morgan fingerprint density at radius 2 is 1.69 bits per heavy atom. The van der Waals surface area contributed by atoms with Gasteiger partial charge in [-0.25, -0.2) is 18.0 Å². The van der Waals surface area contributed by atoms with E-state index in [9.17, 15) is 18.0 Å². The van der Waals surface area contributed by atoms with Crippen LogP contribution in [0.25, 0.3) is 11.0 Å². The highest BCUT2D eigenvalue weighted by atomic mass is 32.2. The van der Waals surface area contributed by atoms with Crippen molar-refractivity contribution in [2.45, 2.75) is 4.90 Å². The third kappa shape index (κ3) is 2.86. The molecule has 0 saturated heterocycles. The zero-order valence-corrected chi connectivity index (χ0v) is 15.2. The molecule has 0 aliphatic rings. The molecule has 0 aliphatic carbocycles. The summed E-state index contributed by atoms with van der Waals surface area (Å²) in [6.45, 7) is 0. The van der Waals surface area contributed by atoms with Gasteiger partial charge in [0, 0.05) is 14.1 Å². The van der Waals surface area contributed by atoms with Crippen LogP contribution in [-0.4, -0.2) is 30.6 Å². The first-order valence-corrected chi connectivity index (χ1v) is 9.10. The number of methoxy groups -OCH3 is 1. The summed E-state index contributed by atoms with van der Waals surface area (Å²) >= 11 is 0. The molecule has 0 bridgehead atoms. The van der Waals surface area contributed by atoms with E-state index in [1.165, 1.54) is 40.5 Å². The molecule has 1 N–H and O–H groups in total. The second-order valence-corrected chi connectivity index (χ2v) is 7.38. The molecular formula is C17H17N3O5S. The molecule has 0 aliphatic heterocycles. The Morgan fingerprint density at radius 1 is 1.04 bits per heavy atom. The molecule has 0 amide bonds. The van der Waals surface area contributed by atoms with Gasteiger partial charge in [-0.05, 0) is 30.3 Å². The first-order chi connectivity index (χ1) is 12.3. The Hall–Kier alpha value is -3.07. The first kappa shape index (κ1) is 17.7. The van der Waals surface area contributed by atoms with Gasteiger partial charge in [-0.1, -0.05) is 12.1 Å². The standard InChI is InChI=1S/C17H17N3O5S/c1-19-14-9-8-11(10-15(14)20(2)17(19)22)26(23,24)18-13-7-5-4-6-12(13)16(21)25-3/h4-10,18H,1-3H3. The highest BCUT2D eigenvalue weighted by Crippen LogP contribution is 2.23. The van der Waals surface area contributed by atoms with Crippen molar-refractivity contribution in [1.29, 1.82) is 0 Å². The molecule has 0 atom stereocenters. The summed E-state index contributed by atoms with van der Waals surface area (Å²) < 4.78 is 35.4. The van der Waals surface area contributed by atoms with Crippen molar-refractivity contribution in [3.8, 4) is 0 Å². The predicted octanol–water partition coefficient (Wildman–Crippen LogP) is 1.46. The topological polar surface area (TPSA) is 99.4 Å². The average molecular weight is 375 g/mol. The van der Waals surface area contributed by atoms with E-state index in [2.05, 4.69) is 9.46 Å². The van der Waals surface area contributed by atoms with Crippen LogP contribution < -0.4 is 10.4 Å². The molecule has 3 aromatic rings. The van der Waals surface area contributed by atoms with Crippen LogP contribution in [0, 0.1) is 0 Å². The molecule has 1 heterocycles. The number of carbonyl (C=O) groups is 1. The van der Waals surface area contributed by atoms with Crippen LogP contribution in [0.4, 0.5) is 5.69 Å². The van der Waals surface area contributed by atoms with Gasteiger partial charge in [-0.3, -0.25) is 13.9 Å². The number of carbonyl (C=O) groups excluding carboxylic acids is 1. The van der Waals surface area contributed by atoms with Crippen molar-refractivity contribution < 1.29 is 17.9 Å². The van der Waals surface area contributed by atoms with E-state index < -0.39 is 16.0 Å². The summed E-state index contributed by atoms with van der Waals surface area (Å²) in [5.74, 6) is -0.649. The Morgan fingerprint density at radius 3 is 2.38 bits per heavy atom. The number of ether oxygens (including phenoxy) is 1. The number of esters is 1. The molecule has 8 nitrogen and oxygen atoms in total. The summed E-state index contributed by atoms with van der Waals surface area (Å²) in [5, 5.41) is 0. The minimum Gasteiger partial charge on any atom is -0.465 e. The maximum atomic E-state index is 12.8. The van der Waals surface area contributed by atoms with Crippen LogP contribution in [0.5, 0.6) is 0 Å². The van der Waals surface area contributed by atoms with E-state index in [0.717, 1.165) is 0 Å². The highest BCUT2D eigenvalue weighted by Gasteiger charge is 2.20. The molecule has 26 heavy (non-hydrogen) atoms. The zero-order valence-electron chi connectivity index (χ0n) is 14.4. The molecular weight excluding hydrogens is 358 g/mol. The number of rotatable bonds is 4. The number of benzene rings is 2. The van der Waals surface area contributed by atoms with Crippen molar-refractivity contribution >= 4 is 32.7 Å². The van der Waals surface area contributed by atoms with Gasteiger partial charge in [-0.2, -0.15) is 0 Å². The third-order valence-corrected chi connectivity index (χ3v) is 5.49. The van der Waals surface area contributed by atoms with Gasteiger partial charge in [0.05, 0.1) is 34.3 Å². The van der Waals surface area contributed by atoms with Gasteiger partial charge in [0.25, 0.3) is 10.0 Å². The maximum Gasteiger partial charge on any atom is 0.339 e. The van der Waals surface area contributed by atoms with E-state index >= 15 is 0 Å². The Labute approximate surface area is 149 Å².